The molecule has 1 atom stereocenters. The van der Waals surface area contributed by atoms with Gasteiger partial charge in [0, 0.05) is 30.8 Å². The zero-order valence-electron chi connectivity index (χ0n) is 11.1. The number of carbonyl (C=O) groups excluding carboxylic acids is 2. The van der Waals surface area contributed by atoms with E-state index in [1.54, 1.807) is 11.0 Å². The Morgan fingerprint density at radius 1 is 1.45 bits per heavy atom. The Balaban J connectivity index is 2.00. The van der Waals surface area contributed by atoms with E-state index in [-0.39, 0.29) is 24.7 Å². The van der Waals surface area contributed by atoms with E-state index in [0.29, 0.717) is 17.4 Å². The Kier molecular flexibility index (Phi) is 4.36. The van der Waals surface area contributed by atoms with E-state index < -0.39 is 11.5 Å². The van der Waals surface area contributed by atoms with Crippen LogP contribution in [-0.2, 0) is 9.59 Å². The molecule has 0 bridgehead atoms. The third kappa shape index (κ3) is 2.97. The first-order valence-electron chi connectivity index (χ1n) is 6.40. The first kappa shape index (κ1) is 15.3. The summed E-state index contributed by atoms with van der Waals surface area (Å²) in [6, 6.07) is 3.62. The first-order valence-corrected chi connectivity index (χ1v) is 7.59. The molecular weight excluding hydrogens is 300 g/mol. The van der Waals surface area contributed by atoms with E-state index in [9.17, 15) is 14.7 Å². The van der Waals surface area contributed by atoms with Gasteiger partial charge in [0.1, 0.15) is 5.60 Å². The summed E-state index contributed by atoms with van der Waals surface area (Å²) in [5.41, 5.74) is 3.69. The summed E-state index contributed by atoms with van der Waals surface area (Å²) < 4.78 is 0.654. The van der Waals surface area contributed by atoms with E-state index in [1.807, 2.05) is 13.0 Å². The molecule has 2 heterocycles. The Bertz CT molecular complexity index is 523. The molecule has 1 saturated heterocycles. The number of nitrogens with two attached hydrogens (primary N) is 1. The summed E-state index contributed by atoms with van der Waals surface area (Å²) in [6.07, 6.45) is 0.373. The van der Waals surface area contributed by atoms with Crippen LogP contribution in [0.5, 0.6) is 0 Å². The van der Waals surface area contributed by atoms with Crippen LogP contribution in [0.25, 0.3) is 0 Å². The van der Waals surface area contributed by atoms with Gasteiger partial charge in [-0.15, -0.1) is 11.3 Å². The zero-order chi connectivity index (χ0) is 14.9. The van der Waals surface area contributed by atoms with Gasteiger partial charge in [0.25, 0.3) is 0 Å². The summed E-state index contributed by atoms with van der Waals surface area (Å²) >= 11 is 7.26. The molecule has 0 spiro atoms. The molecule has 1 aromatic heterocycles. The van der Waals surface area contributed by atoms with Crippen molar-refractivity contribution in [3.8, 4) is 0 Å². The van der Waals surface area contributed by atoms with Crippen LogP contribution in [0.1, 0.15) is 30.6 Å². The lowest BCUT2D eigenvalue weighted by Gasteiger charge is -2.37. The minimum Gasteiger partial charge on any atom is -0.380 e. The molecule has 2 amide bonds. The lowest BCUT2D eigenvalue weighted by Crippen LogP contribution is -2.53. The Labute approximate surface area is 126 Å². The quantitative estimate of drug-likeness (QED) is 0.882. The summed E-state index contributed by atoms with van der Waals surface area (Å²) in [7, 11) is 0. The molecule has 0 saturated carbocycles. The summed E-state index contributed by atoms with van der Waals surface area (Å²) in [6.45, 7) is 2.50. The number of primary amides is 1. The summed E-state index contributed by atoms with van der Waals surface area (Å²) in [4.78, 5) is 26.1. The first-order chi connectivity index (χ1) is 9.33. The fourth-order valence-corrected chi connectivity index (χ4v) is 3.41. The number of piperidine rings is 1. The third-order valence-corrected chi connectivity index (χ3v) is 5.17. The van der Waals surface area contributed by atoms with Gasteiger partial charge in [0.2, 0.25) is 11.8 Å². The van der Waals surface area contributed by atoms with Crippen molar-refractivity contribution in [1.29, 1.82) is 0 Å². The maximum Gasteiger partial charge on any atom is 0.249 e. The highest BCUT2D eigenvalue weighted by Gasteiger charge is 2.39. The highest BCUT2D eigenvalue weighted by Crippen LogP contribution is 2.30. The fraction of sp³-hybridized carbons (Fsp3) is 0.538. The van der Waals surface area contributed by atoms with Gasteiger partial charge in [-0.3, -0.25) is 9.59 Å². The van der Waals surface area contributed by atoms with Crippen molar-refractivity contribution in [2.24, 2.45) is 5.73 Å². The van der Waals surface area contributed by atoms with Crippen molar-refractivity contribution in [2.45, 2.75) is 31.3 Å². The second-order valence-electron chi connectivity index (χ2n) is 5.08. The van der Waals surface area contributed by atoms with E-state index in [0.717, 1.165) is 4.88 Å². The minimum atomic E-state index is -1.48. The van der Waals surface area contributed by atoms with Crippen molar-refractivity contribution in [2.75, 3.05) is 13.1 Å². The smallest absolute Gasteiger partial charge is 0.249 e. The topological polar surface area (TPSA) is 83.6 Å². The molecule has 1 unspecified atom stereocenters. The van der Waals surface area contributed by atoms with Crippen molar-refractivity contribution >= 4 is 34.8 Å². The van der Waals surface area contributed by atoms with Crippen LogP contribution in [0.3, 0.4) is 0 Å². The number of rotatable bonds is 3. The predicted molar refractivity (Wildman–Crippen MR) is 77.7 cm³/mol. The maximum absolute atomic E-state index is 12.4. The number of hydrogen-bond donors (Lipinski definition) is 2. The molecule has 1 aliphatic heterocycles. The van der Waals surface area contributed by atoms with Crippen LogP contribution in [0, 0.1) is 0 Å². The number of carbonyl (C=O) groups is 2. The van der Waals surface area contributed by atoms with Crippen LogP contribution < -0.4 is 5.73 Å². The Morgan fingerprint density at radius 3 is 2.50 bits per heavy atom. The van der Waals surface area contributed by atoms with Gasteiger partial charge in [0.05, 0.1) is 10.3 Å². The molecule has 5 nitrogen and oxygen atoms in total. The van der Waals surface area contributed by atoms with Gasteiger partial charge >= 0.3 is 0 Å². The number of amides is 2. The van der Waals surface area contributed by atoms with Gasteiger partial charge in [-0.1, -0.05) is 11.6 Å². The van der Waals surface area contributed by atoms with Gasteiger partial charge in [0.15, 0.2) is 0 Å². The van der Waals surface area contributed by atoms with Crippen molar-refractivity contribution in [1.82, 2.24) is 4.90 Å². The van der Waals surface area contributed by atoms with Gasteiger partial charge < -0.3 is 15.7 Å². The number of nitrogens with zero attached hydrogens (tertiary/aromatic N) is 1. The largest absolute Gasteiger partial charge is 0.380 e. The van der Waals surface area contributed by atoms with Crippen LogP contribution >= 0.6 is 22.9 Å². The maximum atomic E-state index is 12.4. The highest BCUT2D eigenvalue weighted by atomic mass is 35.5. The molecule has 0 aromatic carbocycles. The van der Waals surface area contributed by atoms with Crippen molar-refractivity contribution in [3.63, 3.8) is 0 Å². The van der Waals surface area contributed by atoms with E-state index in [1.165, 1.54) is 11.3 Å². The minimum absolute atomic E-state index is 0.0185. The van der Waals surface area contributed by atoms with Crippen LogP contribution in [0.4, 0.5) is 0 Å². The lowest BCUT2D eigenvalue weighted by molar-refractivity contribution is -0.147. The van der Waals surface area contributed by atoms with Crippen LogP contribution in [0.15, 0.2) is 12.1 Å². The molecular formula is C13H17ClN2O3S. The normalized spacial score (nSPS) is 19.6. The van der Waals surface area contributed by atoms with Crippen molar-refractivity contribution < 1.29 is 14.7 Å². The molecule has 3 N–H and O–H groups in total. The number of hydrogen-bond acceptors (Lipinski definition) is 4. The second kappa shape index (κ2) is 5.71. The number of aliphatic hydroxyl groups is 1. The van der Waals surface area contributed by atoms with E-state index in [2.05, 4.69) is 0 Å². The van der Waals surface area contributed by atoms with E-state index >= 15 is 0 Å². The molecule has 0 radical (unpaired) electrons. The average Bonchev–Trinajstić information content (AvgIpc) is 2.84. The molecule has 0 aliphatic carbocycles. The van der Waals surface area contributed by atoms with Crippen LogP contribution in [0.2, 0.25) is 4.34 Å². The average molecular weight is 317 g/mol. The molecule has 1 aliphatic rings. The third-order valence-electron chi connectivity index (χ3n) is 3.75. The summed E-state index contributed by atoms with van der Waals surface area (Å²) in [5, 5.41) is 9.98. The SMILES string of the molecule is CC(C(=O)N1CCC(O)(C(N)=O)CC1)c1ccc(Cl)s1. The monoisotopic (exact) mass is 316 g/mol. The molecule has 7 heteroatoms. The van der Waals surface area contributed by atoms with Crippen LogP contribution in [-0.4, -0.2) is 40.5 Å². The van der Waals surface area contributed by atoms with Gasteiger partial charge in [-0.25, -0.2) is 0 Å². The fourth-order valence-electron chi connectivity index (χ4n) is 2.30. The Morgan fingerprint density at radius 2 is 2.05 bits per heavy atom. The predicted octanol–water partition coefficient (Wildman–Crippen LogP) is 1.34. The molecule has 110 valence electrons. The molecule has 1 aromatic rings. The summed E-state index contributed by atoms with van der Waals surface area (Å²) in [5.74, 6) is -1.01. The highest BCUT2D eigenvalue weighted by molar-refractivity contribution is 7.16. The van der Waals surface area contributed by atoms with Gasteiger partial charge in [-0.05, 0) is 19.1 Å². The zero-order valence-corrected chi connectivity index (χ0v) is 12.7. The van der Waals surface area contributed by atoms with E-state index in [4.69, 9.17) is 17.3 Å². The second-order valence-corrected chi connectivity index (χ2v) is 6.83. The molecule has 20 heavy (non-hydrogen) atoms. The molecule has 1 fully saturated rings. The standard InChI is InChI=1S/C13H17ClN2O3S/c1-8(9-2-3-10(14)20-9)11(17)16-6-4-13(19,5-7-16)12(15)18/h2-3,8,19H,4-7H2,1H3,(H2,15,18). The Hall–Kier alpha value is -1.11. The number of halogens is 1. The number of likely N-dealkylation sites (tertiary alicyclic amines) is 1. The number of thiophene rings is 1. The molecule has 2 rings (SSSR count). The van der Waals surface area contributed by atoms with Crippen molar-refractivity contribution in [3.05, 3.63) is 21.3 Å². The lowest BCUT2D eigenvalue weighted by atomic mass is 9.90. The van der Waals surface area contributed by atoms with Gasteiger partial charge in [-0.2, -0.15) is 0 Å².